The van der Waals surface area contributed by atoms with E-state index in [-0.39, 0.29) is 5.75 Å². The van der Waals surface area contributed by atoms with Crippen LogP contribution in [0.3, 0.4) is 0 Å². The summed E-state index contributed by atoms with van der Waals surface area (Å²) in [7, 11) is -3.23. The predicted molar refractivity (Wildman–Crippen MR) is 87.2 cm³/mol. The maximum Gasteiger partial charge on any atom is 0.232 e. The molecule has 0 radical (unpaired) electrons. The van der Waals surface area contributed by atoms with Crippen molar-refractivity contribution >= 4 is 21.4 Å². The summed E-state index contributed by atoms with van der Waals surface area (Å²) in [5, 5.41) is 3.34. The predicted octanol–water partition coefficient (Wildman–Crippen LogP) is 3.37. The van der Waals surface area contributed by atoms with E-state index >= 15 is 0 Å². The Morgan fingerprint density at radius 2 is 1.95 bits per heavy atom. The van der Waals surface area contributed by atoms with Crippen LogP contribution in [0.1, 0.15) is 44.1 Å². The smallest absolute Gasteiger partial charge is 0.232 e. The molecule has 1 aromatic rings. The highest BCUT2D eigenvalue weighted by atomic mass is 32.2. The molecule has 3 rings (SSSR count). The number of hydrogen-bond donors (Lipinski definition) is 2. The van der Waals surface area contributed by atoms with Gasteiger partial charge in [-0.25, -0.2) is 8.42 Å². The standard InChI is InChI=1S/C16H24N2O2S/c19-21(20,12-13-5-2-1-3-6-13)18-15-8-9-16-14(11-15)7-4-10-17-16/h8-9,11,13,17-18H,1-7,10,12H2. The fraction of sp³-hybridized carbons (Fsp3) is 0.625. The molecule has 21 heavy (non-hydrogen) atoms. The first kappa shape index (κ1) is 14.7. The quantitative estimate of drug-likeness (QED) is 0.896. The lowest BCUT2D eigenvalue weighted by Crippen LogP contribution is -2.24. The minimum Gasteiger partial charge on any atom is -0.385 e. The van der Waals surface area contributed by atoms with Crippen molar-refractivity contribution in [2.24, 2.45) is 5.92 Å². The molecule has 2 aliphatic rings. The monoisotopic (exact) mass is 308 g/mol. The molecular weight excluding hydrogens is 284 g/mol. The third kappa shape index (κ3) is 3.90. The molecule has 1 fully saturated rings. The normalized spacial score (nSPS) is 19.6. The minimum atomic E-state index is -3.23. The number of hydrogen-bond acceptors (Lipinski definition) is 3. The van der Waals surface area contributed by atoms with Gasteiger partial charge >= 0.3 is 0 Å². The van der Waals surface area contributed by atoms with Crippen molar-refractivity contribution < 1.29 is 8.42 Å². The van der Waals surface area contributed by atoms with Crippen LogP contribution in [0.15, 0.2) is 18.2 Å². The van der Waals surface area contributed by atoms with Crippen LogP contribution in [-0.2, 0) is 16.4 Å². The molecule has 0 amide bonds. The highest BCUT2D eigenvalue weighted by molar-refractivity contribution is 7.92. The lowest BCUT2D eigenvalue weighted by atomic mass is 9.91. The van der Waals surface area contributed by atoms with Crippen LogP contribution >= 0.6 is 0 Å². The molecule has 1 aliphatic heterocycles. The van der Waals surface area contributed by atoms with E-state index in [9.17, 15) is 8.42 Å². The SMILES string of the molecule is O=S(=O)(CC1CCCCC1)Nc1ccc2c(c1)CCCN2. The van der Waals surface area contributed by atoms with Crippen LogP contribution in [0.5, 0.6) is 0 Å². The number of fused-ring (bicyclic) bond motifs is 1. The number of sulfonamides is 1. The number of anilines is 2. The van der Waals surface area contributed by atoms with E-state index in [0.29, 0.717) is 11.6 Å². The third-order valence-corrected chi connectivity index (χ3v) is 5.95. The Balaban J connectivity index is 1.67. The number of benzene rings is 1. The second-order valence-electron chi connectivity index (χ2n) is 6.29. The number of nitrogens with one attached hydrogen (secondary N) is 2. The van der Waals surface area contributed by atoms with E-state index in [4.69, 9.17) is 0 Å². The van der Waals surface area contributed by atoms with Crippen LogP contribution in [0.25, 0.3) is 0 Å². The van der Waals surface area contributed by atoms with Gasteiger partial charge in [0.25, 0.3) is 0 Å². The van der Waals surface area contributed by atoms with E-state index in [2.05, 4.69) is 10.0 Å². The molecular formula is C16H24N2O2S. The van der Waals surface area contributed by atoms with Gasteiger partial charge in [-0.15, -0.1) is 0 Å². The van der Waals surface area contributed by atoms with E-state index in [1.807, 2.05) is 18.2 Å². The molecule has 0 spiro atoms. The molecule has 0 saturated heterocycles. The maximum absolute atomic E-state index is 12.3. The molecule has 4 nitrogen and oxygen atoms in total. The first-order valence-corrected chi connectivity index (χ1v) is 9.65. The van der Waals surface area contributed by atoms with Gasteiger partial charge in [0.1, 0.15) is 0 Å². The van der Waals surface area contributed by atoms with E-state index in [0.717, 1.165) is 37.9 Å². The highest BCUT2D eigenvalue weighted by Crippen LogP contribution is 2.28. The van der Waals surface area contributed by atoms with E-state index in [1.165, 1.54) is 24.8 Å². The van der Waals surface area contributed by atoms with Crippen LogP contribution < -0.4 is 10.0 Å². The average molecular weight is 308 g/mol. The molecule has 1 saturated carbocycles. The Labute approximate surface area is 127 Å². The van der Waals surface area contributed by atoms with Gasteiger partial charge in [-0.3, -0.25) is 4.72 Å². The van der Waals surface area contributed by atoms with Crippen LogP contribution in [-0.4, -0.2) is 20.7 Å². The van der Waals surface area contributed by atoms with Crippen LogP contribution in [0.4, 0.5) is 11.4 Å². The largest absolute Gasteiger partial charge is 0.385 e. The zero-order chi connectivity index (χ0) is 14.7. The van der Waals surface area contributed by atoms with Crippen molar-refractivity contribution in [2.75, 3.05) is 22.3 Å². The zero-order valence-electron chi connectivity index (χ0n) is 12.4. The summed E-state index contributed by atoms with van der Waals surface area (Å²) in [6.07, 6.45) is 7.81. The van der Waals surface area contributed by atoms with E-state index in [1.54, 1.807) is 0 Å². The second kappa shape index (κ2) is 6.26. The lowest BCUT2D eigenvalue weighted by molar-refractivity contribution is 0.385. The van der Waals surface area contributed by atoms with Crippen LogP contribution in [0.2, 0.25) is 0 Å². The average Bonchev–Trinajstić information content (AvgIpc) is 2.47. The summed E-state index contributed by atoms with van der Waals surface area (Å²) < 4.78 is 27.4. The van der Waals surface area contributed by atoms with Gasteiger partial charge in [0.05, 0.1) is 5.75 Å². The lowest BCUT2D eigenvalue weighted by Gasteiger charge is -2.22. The molecule has 1 aromatic carbocycles. The molecule has 5 heteroatoms. The fourth-order valence-electron chi connectivity index (χ4n) is 3.42. The van der Waals surface area contributed by atoms with Crippen molar-refractivity contribution in [3.05, 3.63) is 23.8 Å². The van der Waals surface area contributed by atoms with Crippen molar-refractivity contribution in [1.82, 2.24) is 0 Å². The van der Waals surface area contributed by atoms with Crippen LogP contribution in [0, 0.1) is 5.92 Å². The Bertz CT molecular complexity index is 592. The molecule has 0 atom stereocenters. The van der Waals surface area contributed by atoms with E-state index < -0.39 is 10.0 Å². The molecule has 0 bridgehead atoms. The van der Waals surface area contributed by atoms with Gasteiger partial charge in [0.15, 0.2) is 0 Å². The zero-order valence-corrected chi connectivity index (χ0v) is 13.2. The van der Waals surface area contributed by atoms with Crippen molar-refractivity contribution in [1.29, 1.82) is 0 Å². The van der Waals surface area contributed by atoms with Crippen molar-refractivity contribution in [3.8, 4) is 0 Å². The Morgan fingerprint density at radius 1 is 1.14 bits per heavy atom. The van der Waals surface area contributed by atoms with Crippen molar-refractivity contribution in [2.45, 2.75) is 44.9 Å². The first-order chi connectivity index (χ1) is 10.1. The van der Waals surface area contributed by atoms with Crippen molar-refractivity contribution in [3.63, 3.8) is 0 Å². The molecule has 1 heterocycles. The Morgan fingerprint density at radius 3 is 2.76 bits per heavy atom. The Kier molecular flexibility index (Phi) is 4.38. The molecule has 1 aliphatic carbocycles. The first-order valence-electron chi connectivity index (χ1n) is 8.00. The van der Waals surface area contributed by atoms with Gasteiger partial charge in [0.2, 0.25) is 10.0 Å². The summed E-state index contributed by atoms with van der Waals surface area (Å²) in [5.74, 6) is 0.595. The number of aryl methyl sites for hydroxylation is 1. The van der Waals surface area contributed by atoms with Gasteiger partial charge in [0, 0.05) is 17.9 Å². The summed E-state index contributed by atoms with van der Waals surface area (Å²) in [4.78, 5) is 0. The molecule has 0 unspecified atom stereocenters. The summed E-state index contributed by atoms with van der Waals surface area (Å²) in [6, 6.07) is 5.81. The molecule has 0 aromatic heterocycles. The highest BCUT2D eigenvalue weighted by Gasteiger charge is 2.21. The third-order valence-electron chi connectivity index (χ3n) is 4.50. The fourth-order valence-corrected chi connectivity index (χ4v) is 4.95. The molecule has 2 N–H and O–H groups in total. The summed E-state index contributed by atoms with van der Waals surface area (Å²) in [6.45, 7) is 1.000. The second-order valence-corrected chi connectivity index (χ2v) is 8.06. The summed E-state index contributed by atoms with van der Waals surface area (Å²) >= 11 is 0. The van der Waals surface area contributed by atoms with Gasteiger partial charge < -0.3 is 5.32 Å². The summed E-state index contributed by atoms with van der Waals surface area (Å²) in [5.41, 5.74) is 3.05. The topological polar surface area (TPSA) is 58.2 Å². The Hall–Kier alpha value is -1.23. The minimum absolute atomic E-state index is 0.266. The van der Waals surface area contributed by atoms with Gasteiger partial charge in [-0.1, -0.05) is 19.3 Å². The van der Waals surface area contributed by atoms with Gasteiger partial charge in [-0.05, 0) is 55.4 Å². The maximum atomic E-state index is 12.3. The number of rotatable bonds is 4. The van der Waals surface area contributed by atoms with Gasteiger partial charge in [-0.2, -0.15) is 0 Å². The molecule has 116 valence electrons.